The standard InChI is InChI=1S/C21H23N3O6S/c1-3-28-16-9-5-14(6-10-16)19(26)22-21(31)24-23-18(25)13-30-17-11-7-15(8-12-17)20(27)29-4-2/h5-12H,3-4,13H2,1-2H3,(H,23,25)(H2,22,24,26,31). The SMILES string of the molecule is CCOC(=O)c1ccc(OCC(=O)NNC(=S)NC(=O)c2ccc(OCC)cc2)cc1. The van der Waals surface area contributed by atoms with Crippen molar-refractivity contribution in [1.82, 2.24) is 16.2 Å². The van der Waals surface area contributed by atoms with Crippen LogP contribution in [0.4, 0.5) is 0 Å². The highest BCUT2D eigenvalue weighted by molar-refractivity contribution is 7.80. The molecule has 3 N–H and O–H groups in total. The van der Waals surface area contributed by atoms with Gasteiger partial charge in [-0.1, -0.05) is 0 Å². The first-order valence-corrected chi connectivity index (χ1v) is 9.86. The number of rotatable bonds is 8. The molecule has 0 radical (unpaired) electrons. The number of esters is 1. The molecule has 0 unspecified atom stereocenters. The molecule has 0 bridgehead atoms. The Morgan fingerprint density at radius 3 is 1.97 bits per heavy atom. The van der Waals surface area contributed by atoms with E-state index in [-0.39, 0.29) is 18.3 Å². The molecule has 0 aliphatic rings. The van der Waals surface area contributed by atoms with Crippen molar-refractivity contribution < 1.29 is 28.6 Å². The van der Waals surface area contributed by atoms with Crippen molar-refractivity contribution in [2.45, 2.75) is 13.8 Å². The van der Waals surface area contributed by atoms with E-state index in [0.29, 0.717) is 29.2 Å². The molecule has 0 aliphatic heterocycles. The fraction of sp³-hybridized carbons (Fsp3) is 0.238. The number of carbonyl (C=O) groups is 3. The summed E-state index contributed by atoms with van der Waals surface area (Å²) in [6, 6.07) is 12.7. The maximum Gasteiger partial charge on any atom is 0.338 e. The van der Waals surface area contributed by atoms with Gasteiger partial charge in [-0.2, -0.15) is 0 Å². The number of carbonyl (C=O) groups excluding carboxylic acids is 3. The largest absolute Gasteiger partial charge is 0.494 e. The fourth-order valence-electron chi connectivity index (χ4n) is 2.29. The van der Waals surface area contributed by atoms with Crippen LogP contribution in [-0.2, 0) is 9.53 Å². The van der Waals surface area contributed by atoms with Gasteiger partial charge in [-0.15, -0.1) is 0 Å². The molecule has 0 saturated carbocycles. The molecule has 0 aromatic heterocycles. The highest BCUT2D eigenvalue weighted by Gasteiger charge is 2.10. The van der Waals surface area contributed by atoms with Gasteiger partial charge in [0.15, 0.2) is 11.7 Å². The van der Waals surface area contributed by atoms with E-state index >= 15 is 0 Å². The zero-order valence-electron chi connectivity index (χ0n) is 17.1. The van der Waals surface area contributed by atoms with Crippen molar-refractivity contribution in [2.24, 2.45) is 0 Å². The molecule has 0 aliphatic carbocycles. The van der Waals surface area contributed by atoms with E-state index in [4.69, 9.17) is 26.4 Å². The van der Waals surface area contributed by atoms with Gasteiger partial charge in [0.25, 0.3) is 11.8 Å². The first kappa shape index (κ1) is 23.6. The Morgan fingerprint density at radius 2 is 1.39 bits per heavy atom. The Kier molecular flexibility index (Phi) is 9.24. The van der Waals surface area contributed by atoms with Crippen molar-refractivity contribution in [3.05, 3.63) is 59.7 Å². The van der Waals surface area contributed by atoms with Crippen LogP contribution in [0.15, 0.2) is 48.5 Å². The van der Waals surface area contributed by atoms with Crippen LogP contribution in [0.5, 0.6) is 11.5 Å². The summed E-state index contributed by atoms with van der Waals surface area (Å²) in [6.45, 7) is 4.10. The van der Waals surface area contributed by atoms with Crippen LogP contribution in [0, 0.1) is 0 Å². The van der Waals surface area contributed by atoms with Crippen molar-refractivity contribution in [2.75, 3.05) is 19.8 Å². The smallest absolute Gasteiger partial charge is 0.338 e. The molecule has 0 saturated heterocycles. The highest BCUT2D eigenvalue weighted by atomic mass is 32.1. The first-order chi connectivity index (χ1) is 14.9. The number of thiocarbonyl (C=S) groups is 1. The van der Waals surface area contributed by atoms with Gasteiger partial charge < -0.3 is 14.2 Å². The summed E-state index contributed by atoms with van der Waals surface area (Å²) in [6.07, 6.45) is 0. The maximum absolute atomic E-state index is 12.1. The molecule has 2 amide bonds. The summed E-state index contributed by atoms with van der Waals surface area (Å²) in [4.78, 5) is 35.6. The number of nitrogens with one attached hydrogen (secondary N) is 3. The lowest BCUT2D eigenvalue weighted by Crippen LogP contribution is -2.49. The topological polar surface area (TPSA) is 115 Å². The Morgan fingerprint density at radius 1 is 0.806 bits per heavy atom. The van der Waals surface area contributed by atoms with Crippen molar-refractivity contribution in [3.8, 4) is 11.5 Å². The van der Waals surface area contributed by atoms with Crippen LogP contribution in [0.3, 0.4) is 0 Å². The van der Waals surface area contributed by atoms with Crippen LogP contribution < -0.4 is 25.6 Å². The minimum Gasteiger partial charge on any atom is -0.494 e. The molecule has 2 aromatic rings. The van der Waals surface area contributed by atoms with Gasteiger partial charge in [-0.25, -0.2) is 4.79 Å². The predicted octanol–water partition coefficient (Wildman–Crippen LogP) is 1.98. The second kappa shape index (κ2) is 12.1. The third kappa shape index (κ3) is 7.94. The molecule has 0 atom stereocenters. The lowest BCUT2D eigenvalue weighted by molar-refractivity contribution is -0.123. The van der Waals surface area contributed by atoms with E-state index in [1.54, 1.807) is 43.3 Å². The lowest BCUT2D eigenvalue weighted by atomic mass is 10.2. The van der Waals surface area contributed by atoms with Gasteiger partial charge in [-0.05, 0) is 74.6 Å². The van der Waals surface area contributed by atoms with Gasteiger partial charge in [0.2, 0.25) is 0 Å². The van der Waals surface area contributed by atoms with Crippen LogP contribution >= 0.6 is 12.2 Å². The summed E-state index contributed by atoms with van der Waals surface area (Å²) < 4.78 is 15.5. The molecule has 31 heavy (non-hydrogen) atoms. The number of ether oxygens (including phenoxy) is 3. The van der Waals surface area contributed by atoms with Gasteiger partial charge in [0.1, 0.15) is 11.5 Å². The second-order valence-corrected chi connectivity index (χ2v) is 6.36. The molecular weight excluding hydrogens is 422 g/mol. The summed E-state index contributed by atoms with van der Waals surface area (Å²) >= 11 is 4.99. The Bertz CT molecular complexity index is 916. The van der Waals surface area contributed by atoms with E-state index in [2.05, 4.69) is 16.2 Å². The van der Waals surface area contributed by atoms with E-state index in [1.807, 2.05) is 6.92 Å². The fourth-order valence-corrected chi connectivity index (χ4v) is 2.43. The summed E-state index contributed by atoms with van der Waals surface area (Å²) in [5.74, 6) is -0.339. The maximum atomic E-state index is 12.1. The van der Waals surface area contributed by atoms with E-state index in [0.717, 1.165) is 0 Å². The van der Waals surface area contributed by atoms with Crippen LogP contribution in [0.2, 0.25) is 0 Å². The van der Waals surface area contributed by atoms with Crippen LogP contribution in [0.1, 0.15) is 34.6 Å². The molecule has 9 nitrogen and oxygen atoms in total. The van der Waals surface area contributed by atoms with E-state index in [9.17, 15) is 14.4 Å². The van der Waals surface area contributed by atoms with Gasteiger partial charge >= 0.3 is 5.97 Å². The lowest BCUT2D eigenvalue weighted by Gasteiger charge is -2.12. The monoisotopic (exact) mass is 445 g/mol. The summed E-state index contributed by atoms with van der Waals surface area (Å²) in [5.41, 5.74) is 5.51. The number of amides is 2. The zero-order chi connectivity index (χ0) is 22.6. The van der Waals surface area contributed by atoms with Crippen LogP contribution in [-0.4, -0.2) is 42.7 Å². The molecule has 2 aromatic carbocycles. The Labute approximate surface area is 185 Å². The molecule has 10 heteroatoms. The normalized spacial score (nSPS) is 9.87. The molecule has 164 valence electrons. The zero-order valence-corrected chi connectivity index (χ0v) is 17.9. The molecule has 0 fully saturated rings. The molecule has 0 heterocycles. The number of hydrogen-bond donors (Lipinski definition) is 3. The minimum absolute atomic E-state index is 0.0778. The average molecular weight is 445 g/mol. The van der Waals surface area contributed by atoms with Gasteiger partial charge in [-0.3, -0.25) is 25.8 Å². The van der Waals surface area contributed by atoms with Crippen molar-refractivity contribution in [1.29, 1.82) is 0 Å². The number of hydrazine groups is 1. The second-order valence-electron chi connectivity index (χ2n) is 5.95. The predicted molar refractivity (Wildman–Crippen MR) is 117 cm³/mol. The van der Waals surface area contributed by atoms with Crippen molar-refractivity contribution >= 4 is 35.1 Å². The quantitative estimate of drug-likeness (QED) is 0.321. The molecule has 0 spiro atoms. The van der Waals surface area contributed by atoms with E-state index < -0.39 is 17.8 Å². The first-order valence-electron chi connectivity index (χ1n) is 9.46. The molecular formula is C21H23N3O6S. The third-order valence-electron chi connectivity index (χ3n) is 3.71. The van der Waals surface area contributed by atoms with Gasteiger partial charge in [0, 0.05) is 5.56 Å². The Balaban J connectivity index is 1.72. The summed E-state index contributed by atoms with van der Waals surface area (Å²) in [5, 5.41) is 2.37. The molecule has 2 rings (SSSR count). The number of benzene rings is 2. The average Bonchev–Trinajstić information content (AvgIpc) is 2.77. The van der Waals surface area contributed by atoms with Gasteiger partial charge in [0.05, 0.1) is 18.8 Å². The summed E-state index contributed by atoms with van der Waals surface area (Å²) in [7, 11) is 0. The third-order valence-corrected chi connectivity index (χ3v) is 3.91. The minimum atomic E-state index is -0.521. The van der Waals surface area contributed by atoms with Crippen molar-refractivity contribution in [3.63, 3.8) is 0 Å². The Hall–Kier alpha value is -3.66. The van der Waals surface area contributed by atoms with E-state index in [1.165, 1.54) is 12.1 Å². The number of hydrogen-bond acceptors (Lipinski definition) is 7. The van der Waals surface area contributed by atoms with Crippen LogP contribution in [0.25, 0.3) is 0 Å². The highest BCUT2D eigenvalue weighted by Crippen LogP contribution is 2.13.